The highest BCUT2D eigenvalue weighted by Gasteiger charge is 2.61. The van der Waals surface area contributed by atoms with Gasteiger partial charge in [0.2, 0.25) is 0 Å². The summed E-state index contributed by atoms with van der Waals surface area (Å²) in [5.74, 6) is 0.135. The summed E-state index contributed by atoms with van der Waals surface area (Å²) in [5, 5.41) is 9.63. The van der Waals surface area contributed by atoms with Crippen molar-refractivity contribution in [2.75, 3.05) is 13.2 Å². The van der Waals surface area contributed by atoms with Crippen LogP contribution in [0.1, 0.15) is 39.2 Å². The number of nitrogens with zero attached hydrogens (tertiary/aromatic N) is 1. The SMILES string of the molecule is CC(C)(C)OC(=O)N1C[C@@]2(c3cccc(F)c3)CC2CC1CO. The van der Waals surface area contributed by atoms with Gasteiger partial charge >= 0.3 is 6.09 Å². The summed E-state index contributed by atoms with van der Waals surface area (Å²) in [5.41, 5.74) is 0.168. The summed E-state index contributed by atoms with van der Waals surface area (Å²) < 4.78 is 19.1. The van der Waals surface area contributed by atoms with Crippen LogP contribution in [0.15, 0.2) is 24.3 Å². The largest absolute Gasteiger partial charge is 0.444 e. The number of piperidine rings is 1. The van der Waals surface area contributed by atoms with Gasteiger partial charge in [-0.15, -0.1) is 0 Å². The van der Waals surface area contributed by atoms with E-state index in [4.69, 9.17) is 4.74 Å². The Labute approximate surface area is 136 Å². The van der Waals surface area contributed by atoms with E-state index in [1.54, 1.807) is 17.0 Å². The maximum atomic E-state index is 13.6. The molecule has 1 N–H and O–H groups in total. The number of hydrogen-bond donors (Lipinski definition) is 1. The number of benzene rings is 1. The zero-order chi connectivity index (χ0) is 16.8. The highest BCUT2D eigenvalue weighted by atomic mass is 19.1. The third-order valence-corrected chi connectivity index (χ3v) is 4.92. The summed E-state index contributed by atoms with van der Waals surface area (Å²) in [6.45, 7) is 5.87. The first kappa shape index (κ1) is 16.2. The van der Waals surface area contributed by atoms with Crippen LogP contribution in [0, 0.1) is 11.7 Å². The first-order valence-electron chi connectivity index (χ1n) is 8.12. The Morgan fingerprint density at radius 2 is 2.22 bits per heavy atom. The summed E-state index contributed by atoms with van der Waals surface area (Å²) in [4.78, 5) is 14.1. The van der Waals surface area contributed by atoms with Gasteiger partial charge in [-0.2, -0.15) is 0 Å². The van der Waals surface area contributed by atoms with E-state index in [-0.39, 0.29) is 23.9 Å². The maximum Gasteiger partial charge on any atom is 0.410 e. The van der Waals surface area contributed by atoms with Crippen LogP contribution in [0.3, 0.4) is 0 Å². The van der Waals surface area contributed by atoms with Crippen LogP contribution >= 0.6 is 0 Å². The van der Waals surface area contributed by atoms with Gasteiger partial charge in [0.05, 0.1) is 12.6 Å². The Morgan fingerprint density at radius 3 is 2.83 bits per heavy atom. The van der Waals surface area contributed by atoms with Crippen LogP contribution in [-0.4, -0.2) is 40.9 Å². The van der Waals surface area contributed by atoms with Crippen molar-refractivity contribution < 1.29 is 19.0 Å². The average Bonchev–Trinajstić information content (AvgIpc) is 3.18. The van der Waals surface area contributed by atoms with Crippen molar-refractivity contribution in [2.45, 2.75) is 50.7 Å². The molecule has 3 atom stereocenters. The number of rotatable bonds is 2. The molecule has 0 aromatic heterocycles. The van der Waals surface area contributed by atoms with E-state index in [0.29, 0.717) is 12.5 Å². The predicted octanol–water partition coefficient (Wildman–Crippen LogP) is 3.09. The molecule has 2 fully saturated rings. The lowest BCUT2D eigenvalue weighted by molar-refractivity contribution is -0.00199. The molecule has 1 heterocycles. The smallest absolute Gasteiger partial charge is 0.410 e. The van der Waals surface area contributed by atoms with Gasteiger partial charge in [0.25, 0.3) is 0 Å². The van der Waals surface area contributed by atoms with Crippen LogP contribution in [0.2, 0.25) is 0 Å². The van der Waals surface area contributed by atoms with Crippen LogP contribution in [0.25, 0.3) is 0 Å². The minimum absolute atomic E-state index is 0.0744. The molecule has 2 unspecified atom stereocenters. The van der Waals surface area contributed by atoms with Gasteiger partial charge in [-0.3, -0.25) is 0 Å². The van der Waals surface area contributed by atoms with Crippen LogP contribution in [0.4, 0.5) is 9.18 Å². The molecule has 1 aromatic rings. The first-order chi connectivity index (χ1) is 10.7. The predicted molar refractivity (Wildman–Crippen MR) is 84.6 cm³/mol. The molecule has 0 radical (unpaired) electrons. The van der Waals surface area contributed by atoms with Gasteiger partial charge in [0.15, 0.2) is 0 Å². The van der Waals surface area contributed by atoms with E-state index in [9.17, 15) is 14.3 Å². The monoisotopic (exact) mass is 321 g/mol. The lowest BCUT2D eigenvalue weighted by Gasteiger charge is -2.39. The minimum atomic E-state index is -0.580. The number of amides is 1. The Kier molecular flexibility index (Phi) is 3.87. The number of aliphatic hydroxyl groups is 1. The zero-order valence-electron chi connectivity index (χ0n) is 13.9. The van der Waals surface area contributed by atoms with Gasteiger partial charge in [-0.25, -0.2) is 9.18 Å². The Hall–Kier alpha value is -1.62. The number of carbonyl (C=O) groups excluding carboxylic acids is 1. The van der Waals surface area contributed by atoms with Crippen molar-refractivity contribution in [3.05, 3.63) is 35.6 Å². The molecule has 4 nitrogen and oxygen atoms in total. The van der Waals surface area contributed by atoms with Crippen LogP contribution < -0.4 is 0 Å². The molecule has 1 saturated carbocycles. The maximum absolute atomic E-state index is 13.6. The molecular formula is C18H24FNO3. The summed E-state index contributed by atoms with van der Waals surface area (Å²) in [6, 6.07) is 6.41. The number of likely N-dealkylation sites (tertiary alicyclic amines) is 1. The van der Waals surface area contributed by atoms with Gasteiger partial charge < -0.3 is 14.7 Å². The Bertz CT molecular complexity index is 613. The summed E-state index contributed by atoms with van der Waals surface area (Å²) >= 11 is 0. The molecule has 2 aliphatic rings. The number of carbonyl (C=O) groups is 1. The lowest BCUT2D eigenvalue weighted by Crippen LogP contribution is -2.52. The van der Waals surface area contributed by atoms with E-state index in [1.807, 2.05) is 26.8 Å². The lowest BCUT2D eigenvalue weighted by atomic mass is 9.86. The molecule has 3 rings (SSSR count). The minimum Gasteiger partial charge on any atom is -0.444 e. The van der Waals surface area contributed by atoms with E-state index >= 15 is 0 Å². The molecule has 1 aliphatic carbocycles. The second-order valence-corrected chi connectivity index (χ2v) is 7.75. The number of hydrogen-bond acceptors (Lipinski definition) is 3. The van der Waals surface area contributed by atoms with Gasteiger partial charge in [0.1, 0.15) is 11.4 Å². The second-order valence-electron chi connectivity index (χ2n) is 7.75. The molecule has 126 valence electrons. The van der Waals surface area contributed by atoms with Crippen LogP contribution in [0.5, 0.6) is 0 Å². The standard InChI is InChI=1S/C18H24FNO3/c1-17(2,3)23-16(22)20-11-18(9-13(18)8-15(20)10-21)12-5-4-6-14(19)7-12/h4-7,13,15,21H,8-11H2,1-3H3/t13?,15?,18-/m1/s1. The van der Waals surface area contributed by atoms with Gasteiger partial charge in [0, 0.05) is 12.0 Å². The molecule has 1 saturated heterocycles. The average molecular weight is 321 g/mol. The van der Waals surface area contributed by atoms with E-state index in [2.05, 4.69) is 0 Å². The molecule has 23 heavy (non-hydrogen) atoms. The second kappa shape index (κ2) is 5.48. The third kappa shape index (κ3) is 3.07. The molecule has 0 spiro atoms. The zero-order valence-corrected chi connectivity index (χ0v) is 13.9. The van der Waals surface area contributed by atoms with E-state index in [0.717, 1.165) is 18.4 Å². The van der Waals surface area contributed by atoms with Gasteiger partial charge in [-0.1, -0.05) is 12.1 Å². The highest BCUT2D eigenvalue weighted by molar-refractivity contribution is 5.69. The van der Waals surface area contributed by atoms with Crippen molar-refractivity contribution in [1.82, 2.24) is 4.90 Å². The van der Waals surface area contributed by atoms with Crippen molar-refractivity contribution in [2.24, 2.45) is 5.92 Å². The molecule has 5 heteroatoms. The molecule has 1 amide bonds. The molecule has 1 aromatic carbocycles. The van der Waals surface area contributed by atoms with Crippen molar-refractivity contribution in [3.8, 4) is 0 Å². The normalized spacial score (nSPS) is 29.9. The Morgan fingerprint density at radius 1 is 1.48 bits per heavy atom. The number of halogens is 1. The van der Waals surface area contributed by atoms with E-state index < -0.39 is 11.7 Å². The topological polar surface area (TPSA) is 49.8 Å². The fraction of sp³-hybridized carbons (Fsp3) is 0.611. The van der Waals surface area contributed by atoms with Crippen LogP contribution in [-0.2, 0) is 10.2 Å². The third-order valence-electron chi connectivity index (χ3n) is 4.92. The highest BCUT2D eigenvalue weighted by Crippen LogP contribution is 2.60. The fourth-order valence-electron chi connectivity index (χ4n) is 3.72. The number of ether oxygens (including phenoxy) is 1. The summed E-state index contributed by atoms with van der Waals surface area (Å²) in [6.07, 6.45) is 1.25. The van der Waals surface area contributed by atoms with E-state index in [1.165, 1.54) is 6.07 Å². The number of aliphatic hydroxyl groups excluding tert-OH is 1. The molecular weight excluding hydrogens is 297 g/mol. The molecule has 0 bridgehead atoms. The summed E-state index contributed by atoms with van der Waals surface area (Å²) in [7, 11) is 0. The Balaban J connectivity index is 1.84. The first-order valence-corrected chi connectivity index (χ1v) is 8.12. The van der Waals surface area contributed by atoms with Crippen molar-refractivity contribution >= 4 is 6.09 Å². The van der Waals surface area contributed by atoms with Crippen molar-refractivity contribution in [1.29, 1.82) is 0 Å². The fourth-order valence-corrected chi connectivity index (χ4v) is 3.72. The van der Waals surface area contributed by atoms with Crippen molar-refractivity contribution in [3.63, 3.8) is 0 Å². The number of fused-ring (bicyclic) bond motifs is 1. The molecule has 1 aliphatic heterocycles. The van der Waals surface area contributed by atoms with Gasteiger partial charge in [-0.05, 0) is 57.2 Å². The quantitative estimate of drug-likeness (QED) is 0.911.